The highest BCUT2D eigenvalue weighted by Crippen LogP contribution is 2.48. The van der Waals surface area contributed by atoms with E-state index in [0.29, 0.717) is 35.6 Å². The van der Waals surface area contributed by atoms with E-state index in [9.17, 15) is 0 Å². The van der Waals surface area contributed by atoms with Crippen molar-refractivity contribution in [2.75, 3.05) is 7.11 Å². The Morgan fingerprint density at radius 2 is 1.62 bits per heavy atom. The summed E-state index contributed by atoms with van der Waals surface area (Å²) < 4.78 is 41.2. The van der Waals surface area contributed by atoms with E-state index in [2.05, 4.69) is 6.07 Å². The summed E-state index contributed by atoms with van der Waals surface area (Å²) in [4.78, 5) is 0. The minimum absolute atomic E-state index is 0.644. The molecule has 0 radical (unpaired) electrons. The molecule has 2 aliphatic rings. The van der Waals surface area contributed by atoms with Gasteiger partial charge in [0.05, 0.1) is 12.7 Å². The van der Waals surface area contributed by atoms with Crippen molar-refractivity contribution in [3.05, 3.63) is 81.3 Å². The van der Waals surface area contributed by atoms with Crippen LogP contribution >= 0.6 is 0 Å². The number of rotatable bonds is 4. The molecule has 0 bridgehead atoms. The van der Waals surface area contributed by atoms with E-state index in [-0.39, 0.29) is 0 Å². The van der Waals surface area contributed by atoms with Gasteiger partial charge in [0.15, 0.2) is 5.70 Å². The monoisotopic (exact) mass is 460 g/mol. The highest BCUT2D eigenvalue weighted by Gasteiger charge is 2.56. The van der Waals surface area contributed by atoms with Crippen LogP contribution in [0.25, 0.3) is 16.3 Å². The SMILES string of the molecule is CCC1=C(C)C2=C(c3ccc(OC)c4ccccc34)c3c(C)c(CC)c(C)n3[B-](F)(F)[N+]2=C1C. The molecule has 0 N–H and O–H groups in total. The number of benzene rings is 2. The molecule has 0 fully saturated rings. The largest absolute Gasteiger partial charge is 0.737 e. The smallest absolute Gasteiger partial charge is 0.496 e. The van der Waals surface area contributed by atoms with Crippen molar-refractivity contribution < 1.29 is 17.9 Å². The minimum atomic E-state index is -4.03. The molecule has 2 aromatic carbocycles. The summed E-state index contributed by atoms with van der Waals surface area (Å²) in [6.45, 7) is 7.73. The second-order valence-corrected chi connectivity index (χ2v) is 9.35. The number of halogens is 2. The molecule has 0 saturated heterocycles. The van der Waals surface area contributed by atoms with Gasteiger partial charge in [0, 0.05) is 29.2 Å². The molecule has 3 nitrogen and oxygen atoms in total. The lowest BCUT2D eigenvalue weighted by molar-refractivity contribution is -0.363. The summed E-state index contributed by atoms with van der Waals surface area (Å²) in [5, 5.41) is 1.98. The van der Waals surface area contributed by atoms with Gasteiger partial charge >= 0.3 is 6.97 Å². The van der Waals surface area contributed by atoms with Crippen molar-refractivity contribution in [1.29, 1.82) is 0 Å². The maximum absolute atomic E-state index is 16.4. The fraction of sp³-hybridized carbons (Fsp3) is 0.321. The zero-order valence-corrected chi connectivity index (χ0v) is 21.0. The Kier molecular flexibility index (Phi) is 5.12. The summed E-state index contributed by atoms with van der Waals surface area (Å²) >= 11 is 0. The molecule has 2 aliphatic heterocycles. The molecule has 0 unspecified atom stereocenters. The van der Waals surface area contributed by atoms with Crippen molar-refractivity contribution in [3.8, 4) is 5.75 Å². The number of methoxy groups -OCH3 is 1. The van der Waals surface area contributed by atoms with Gasteiger partial charge in [-0.05, 0) is 73.5 Å². The summed E-state index contributed by atoms with van der Waals surface area (Å²) in [7, 11) is 1.66. The maximum atomic E-state index is 16.4. The molecule has 5 rings (SSSR count). The Morgan fingerprint density at radius 1 is 0.941 bits per heavy atom. The molecule has 3 heterocycles. The Hall–Kier alpha value is -3.15. The number of nitrogens with zero attached hydrogens (tertiary/aromatic N) is 2. The molecule has 0 amide bonds. The van der Waals surface area contributed by atoms with Gasteiger partial charge in [0.25, 0.3) is 0 Å². The van der Waals surface area contributed by atoms with E-state index in [4.69, 9.17) is 4.74 Å². The van der Waals surface area contributed by atoms with Gasteiger partial charge in [-0.25, -0.2) is 0 Å². The van der Waals surface area contributed by atoms with Crippen molar-refractivity contribution >= 4 is 29.0 Å². The summed E-state index contributed by atoms with van der Waals surface area (Å²) in [6, 6.07) is 12.1. The molecule has 0 atom stereocenters. The van der Waals surface area contributed by atoms with Crippen LogP contribution in [0, 0.1) is 13.8 Å². The van der Waals surface area contributed by atoms with Crippen molar-refractivity contribution in [2.24, 2.45) is 0 Å². The van der Waals surface area contributed by atoms with Crippen LogP contribution in [0.3, 0.4) is 0 Å². The highest BCUT2D eigenvalue weighted by atomic mass is 19.2. The second-order valence-electron chi connectivity index (χ2n) is 9.35. The van der Waals surface area contributed by atoms with Crippen LogP contribution in [0.1, 0.15) is 62.2 Å². The molecular weight excluding hydrogens is 429 g/mol. The summed E-state index contributed by atoms with van der Waals surface area (Å²) in [6.07, 6.45) is 1.43. The van der Waals surface area contributed by atoms with Crippen LogP contribution in [-0.4, -0.2) is 28.8 Å². The average Bonchev–Trinajstić information content (AvgIpc) is 3.23. The van der Waals surface area contributed by atoms with E-state index in [1.807, 2.05) is 71.9 Å². The third kappa shape index (κ3) is 2.71. The number of aromatic nitrogens is 1. The topological polar surface area (TPSA) is 17.2 Å². The fourth-order valence-corrected chi connectivity index (χ4v) is 6.40. The molecular formula is C28H31BF2N2O. The lowest BCUT2D eigenvalue weighted by Crippen LogP contribution is -2.51. The Bertz CT molecular complexity index is 1470. The Balaban J connectivity index is 2.03. The lowest BCUT2D eigenvalue weighted by atomic mass is 9.82. The normalized spacial score (nSPS) is 17.1. The zero-order valence-electron chi connectivity index (χ0n) is 21.0. The highest BCUT2D eigenvalue weighted by molar-refractivity contribution is 6.58. The van der Waals surface area contributed by atoms with Crippen LogP contribution in [0.5, 0.6) is 5.75 Å². The van der Waals surface area contributed by atoms with E-state index < -0.39 is 6.97 Å². The van der Waals surface area contributed by atoms with Gasteiger partial charge < -0.3 is 22.3 Å². The Labute approximate surface area is 200 Å². The predicted molar refractivity (Wildman–Crippen MR) is 137 cm³/mol. The predicted octanol–water partition coefficient (Wildman–Crippen LogP) is 7.04. The van der Waals surface area contributed by atoms with Crippen LogP contribution in [0.4, 0.5) is 8.63 Å². The molecule has 0 saturated carbocycles. The van der Waals surface area contributed by atoms with Crippen molar-refractivity contribution in [2.45, 2.75) is 54.4 Å². The first kappa shape index (κ1) is 22.6. The lowest BCUT2D eigenvalue weighted by Gasteiger charge is -2.34. The molecule has 3 aromatic rings. The first-order valence-corrected chi connectivity index (χ1v) is 12.1. The average molecular weight is 460 g/mol. The fourth-order valence-electron chi connectivity index (χ4n) is 6.40. The van der Waals surface area contributed by atoms with Gasteiger partial charge in [0.1, 0.15) is 11.5 Å². The summed E-state index contributed by atoms with van der Waals surface area (Å²) in [5.41, 5.74) is 8.33. The van der Waals surface area contributed by atoms with Crippen LogP contribution in [-0.2, 0) is 6.42 Å². The third-order valence-corrected chi connectivity index (χ3v) is 7.87. The van der Waals surface area contributed by atoms with E-state index >= 15 is 8.63 Å². The number of allylic oxidation sites excluding steroid dienone is 2. The van der Waals surface area contributed by atoms with E-state index in [1.165, 1.54) is 8.96 Å². The van der Waals surface area contributed by atoms with Gasteiger partial charge in [0.2, 0.25) is 0 Å². The zero-order chi connectivity index (χ0) is 24.5. The molecule has 0 spiro atoms. The number of hydrogen-bond acceptors (Lipinski definition) is 1. The third-order valence-electron chi connectivity index (χ3n) is 7.87. The first-order chi connectivity index (χ1) is 16.2. The molecule has 176 valence electrons. The van der Waals surface area contributed by atoms with Gasteiger partial charge in [-0.3, -0.25) is 0 Å². The van der Waals surface area contributed by atoms with Gasteiger partial charge in [-0.15, -0.1) is 0 Å². The van der Waals surface area contributed by atoms with Gasteiger partial charge in [-0.2, -0.15) is 0 Å². The molecule has 0 aliphatic carbocycles. The van der Waals surface area contributed by atoms with Crippen LogP contribution in [0.2, 0.25) is 0 Å². The molecule has 6 heteroatoms. The van der Waals surface area contributed by atoms with Crippen molar-refractivity contribution in [3.63, 3.8) is 0 Å². The standard InChI is InChI=1S/C28H31BF2N2O/c1-8-20-16(3)27-26(24-14-15-25(34-7)23-13-11-10-12-22(23)24)28-17(4)21(9-2)19(6)33(28)29(30,31)32(27)18(20)5/h10-15H,8-9H2,1-7H3. The molecule has 1 aromatic heterocycles. The quantitative estimate of drug-likeness (QED) is 0.382. The maximum Gasteiger partial charge on any atom is 0.737 e. The number of ether oxygens (including phenoxy) is 1. The van der Waals surface area contributed by atoms with Crippen LogP contribution < -0.4 is 4.74 Å². The second kappa shape index (κ2) is 7.69. The van der Waals surface area contributed by atoms with E-state index in [1.54, 1.807) is 7.11 Å². The Morgan fingerprint density at radius 3 is 2.24 bits per heavy atom. The number of fused-ring (bicyclic) bond motifs is 3. The number of hydrogen-bond donors (Lipinski definition) is 0. The molecule has 34 heavy (non-hydrogen) atoms. The summed E-state index contributed by atoms with van der Waals surface area (Å²) in [5.74, 6) is 0.778. The minimum Gasteiger partial charge on any atom is -0.496 e. The van der Waals surface area contributed by atoms with Crippen LogP contribution in [0.15, 0.2) is 53.2 Å². The van der Waals surface area contributed by atoms with Gasteiger partial charge in [-0.1, -0.05) is 38.1 Å². The van der Waals surface area contributed by atoms with Crippen molar-refractivity contribution in [1.82, 2.24) is 4.48 Å². The first-order valence-electron chi connectivity index (χ1n) is 12.1. The van der Waals surface area contributed by atoms with E-state index in [0.717, 1.165) is 49.9 Å².